The van der Waals surface area contributed by atoms with Gasteiger partial charge in [0.15, 0.2) is 5.82 Å². The number of hydrogen-bond donors (Lipinski definition) is 0. The summed E-state index contributed by atoms with van der Waals surface area (Å²) in [5.74, 6) is 2.04. The van der Waals surface area contributed by atoms with Crippen LogP contribution < -0.4 is 0 Å². The third-order valence-electron chi connectivity index (χ3n) is 2.70. The lowest BCUT2D eigenvalue weighted by atomic mass is 10.2. The molecule has 19 heavy (non-hydrogen) atoms. The molecule has 3 rings (SSSR count). The van der Waals surface area contributed by atoms with E-state index in [1.54, 1.807) is 10.8 Å². The first-order valence-electron chi connectivity index (χ1n) is 5.79. The minimum Gasteiger partial charge on any atom is -0.444 e. The Labute approximate surface area is 114 Å². The van der Waals surface area contributed by atoms with Gasteiger partial charge in [0.1, 0.15) is 12.3 Å². The topological polar surface area (TPSA) is 56.7 Å². The van der Waals surface area contributed by atoms with Crippen molar-refractivity contribution in [3.05, 3.63) is 53.5 Å². The fourth-order valence-corrected chi connectivity index (χ4v) is 2.01. The Morgan fingerprint density at radius 1 is 1.21 bits per heavy atom. The van der Waals surface area contributed by atoms with Crippen molar-refractivity contribution in [2.45, 2.75) is 13.5 Å². The summed E-state index contributed by atoms with van der Waals surface area (Å²) in [6.07, 6.45) is 1.68. The second kappa shape index (κ2) is 4.85. The molecule has 0 unspecified atom stereocenters. The Hall–Kier alpha value is -2.14. The molecule has 0 bridgehead atoms. The molecule has 0 spiro atoms. The van der Waals surface area contributed by atoms with Crippen LogP contribution in [-0.2, 0) is 6.54 Å². The molecule has 3 aromatic rings. The number of aromatic nitrogens is 4. The standard InChI is InChI=1S/C13H11ClN4O/c1-9-7-15-11(19-9)8-18-12(16-17-13(18)14)10-5-3-2-4-6-10/h2-7H,8H2,1H3. The maximum Gasteiger partial charge on any atom is 0.225 e. The molecule has 2 heterocycles. The van der Waals surface area contributed by atoms with Crippen LogP contribution in [0.25, 0.3) is 11.4 Å². The van der Waals surface area contributed by atoms with E-state index in [1.807, 2.05) is 37.3 Å². The Bertz CT molecular complexity index is 690. The average Bonchev–Trinajstić information content (AvgIpc) is 2.99. The van der Waals surface area contributed by atoms with E-state index in [0.29, 0.717) is 23.5 Å². The third kappa shape index (κ3) is 2.37. The first-order valence-corrected chi connectivity index (χ1v) is 6.17. The molecule has 2 aromatic heterocycles. The van der Waals surface area contributed by atoms with E-state index in [2.05, 4.69) is 15.2 Å². The van der Waals surface area contributed by atoms with Crippen molar-refractivity contribution >= 4 is 11.6 Å². The molecular weight excluding hydrogens is 264 g/mol. The van der Waals surface area contributed by atoms with E-state index >= 15 is 0 Å². The smallest absolute Gasteiger partial charge is 0.225 e. The minimum absolute atomic E-state index is 0.315. The summed E-state index contributed by atoms with van der Waals surface area (Å²) in [7, 11) is 0. The molecule has 5 nitrogen and oxygen atoms in total. The lowest BCUT2D eigenvalue weighted by molar-refractivity contribution is 0.458. The number of rotatable bonds is 3. The molecule has 0 aliphatic rings. The van der Waals surface area contributed by atoms with Crippen LogP contribution in [0.3, 0.4) is 0 Å². The number of aryl methyl sites for hydroxylation is 1. The summed E-state index contributed by atoms with van der Waals surface area (Å²) < 4.78 is 7.22. The summed E-state index contributed by atoms with van der Waals surface area (Å²) in [6.45, 7) is 2.26. The molecule has 0 amide bonds. The second-order valence-electron chi connectivity index (χ2n) is 4.11. The van der Waals surface area contributed by atoms with Crippen LogP contribution in [0.4, 0.5) is 0 Å². The highest BCUT2D eigenvalue weighted by molar-refractivity contribution is 6.28. The van der Waals surface area contributed by atoms with E-state index in [-0.39, 0.29) is 0 Å². The number of halogens is 1. The molecule has 0 radical (unpaired) electrons. The summed E-state index contributed by atoms with van der Waals surface area (Å²) in [5.41, 5.74) is 0.949. The molecule has 0 atom stereocenters. The van der Waals surface area contributed by atoms with Crippen LogP contribution in [0.2, 0.25) is 5.28 Å². The maximum absolute atomic E-state index is 6.07. The molecule has 96 valence electrons. The normalized spacial score (nSPS) is 10.8. The van der Waals surface area contributed by atoms with Crippen molar-refractivity contribution in [3.63, 3.8) is 0 Å². The summed E-state index contributed by atoms with van der Waals surface area (Å²) >= 11 is 6.07. The summed E-state index contributed by atoms with van der Waals surface area (Å²) in [4.78, 5) is 4.16. The first kappa shape index (κ1) is 11.9. The molecule has 0 saturated heterocycles. The Kier molecular flexibility index (Phi) is 3.05. The van der Waals surface area contributed by atoms with Crippen LogP contribution in [0.5, 0.6) is 0 Å². The molecule has 0 saturated carbocycles. The number of benzene rings is 1. The van der Waals surface area contributed by atoms with Gasteiger partial charge in [-0.2, -0.15) is 0 Å². The Morgan fingerprint density at radius 3 is 2.68 bits per heavy atom. The third-order valence-corrected chi connectivity index (χ3v) is 2.98. The van der Waals surface area contributed by atoms with Gasteiger partial charge in [-0.15, -0.1) is 10.2 Å². The summed E-state index contributed by atoms with van der Waals surface area (Å²) in [5, 5.41) is 8.32. The van der Waals surface area contributed by atoms with Crippen molar-refractivity contribution in [1.82, 2.24) is 19.7 Å². The molecule has 1 aromatic carbocycles. The van der Waals surface area contributed by atoms with Gasteiger partial charge in [-0.05, 0) is 18.5 Å². The number of nitrogens with zero attached hydrogens (tertiary/aromatic N) is 4. The van der Waals surface area contributed by atoms with Gasteiger partial charge in [0.05, 0.1) is 6.20 Å². The molecule has 0 fully saturated rings. The monoisotopic (exact) mass is 274 g/mol. The largest absolute Gasteiger partial charge is 0.444 e. The van der Waals surface area contributed by atoms with Crippen LogP contribution >= 0.6 is 11.6 Å². The van der Waals surface area contributed by atoms with Gasteiger partial charge in [0.25, 0.3) is 0 Å². The van der Waals surface area contributed by atoms with E-state index < -0.39 is 0 Å². The van der Waals surface area contributed by atoms with Gasteiger partial charge in [-0.3, -0.25) is 4.57 Å². The lowest BCUT2D eigenvalue weighted by Crippen LogP contribution is -2.02. The van der Waals surface area contributed by atoms with Gasteiger partial charge in [0.2, 0.25) is 11.2 Å². The predicted molar refractivity (Wildman–Crippen MR) is 70.8 cm³/mol. The zero-order valence-corrected chi connectivity index (χ0v) is 11.0. The lowest BCUT2D eigenvalue weighted by Gasteiger charge is -2.05. The number of oxazole rings is 1. The molecule has 0 N–H and O–H groups in total. The Balaban J connectivity index is 1.99. The van der Waals surface area contributed by atoms with E-state index in [9.17, 15) is 0 Å². The molecule has 0 aliphatic carbocycles. The van der Waals surface area contributed by atoms with Crippen molar-refractivity contribution < 1.29 is 4.42 Å². The number of hydrogen-bond acceptors (Lipinski definition) is 4. The predicted octanol–water partition coefficient (Wildman–Crippen LogP) is 2.94. The van der Waals surface area contributed by atoms with E-state index in [4.69, 9.17) is 16.0 Å². The highest BCUT2D eigenvalue weighted by Gasteiger charge is 2.14. The van der Waals surface area contributed by atoms with Gasteiger partial charge < -0.3 is 4.42 Å². The highest BCUT2D eigenvalue weighted by atomic mass is 35.5. The van der Waals surface area contributed by atoms with Crippen LogP contribution in [0.15, 0.2) is 40.9 Å². The maximum atomic E-state index is 6.07. The summed E-state index contributed by atoms with van der Waals surface area (Å²) in [6, 6.07) is 9.74. The zero-order chi connectivity index (χ0) is 13.2. The van der Waals surface area contributed by atoms with Gasteiger partial charge >= 0.3 is 0 Å². The average molecular weight is 275 g/mol. The molecule has 6 heteroatoms. The van der Waals surface area contributed by atoms with E-state index in [0.717, 1.165) is 11.3 Å². The SMILES string of the molecule is Cc1cnc(Cn2c(Cl)nnc2-c2ccccc2)o1. The van der Waals surface area contributed by atoms with Gasteiger partial charge in [-0.25, -0.2) is 4.98 Å². The van der Waals surface area contributed by atoms with Crippen molar-refractivity contribution in [2.24, 2.45) is 0 Å². The van der Waals surface area contributed by atoms with Crippen LogP contribution in [0, 0.1) is 6.92 Å². The van der Waals surface area contributed by atoms with Gasteiger partial charge in [-0.1, -0.05) is 30.3 Å². The van der Waals surface area contributed by atoms with Crippen molar-refractivity contribution in [1.29, 1.82) is 0 Å². The van der Waals surface area contributed by atoms with Gasteiger partial charge in [0, 0.05) is 5.56 Å². The van der Waals surface area contributed by atoms with Crippen molar-refractivity contribution in [2.75, 3.05) is 0 Å². The van der Waals surface area contributed by atoms with Crippen LogP contribution in [0.1, 0.15) is 11.7 Å². The van der Waals surface area contributed by atoms with E-state index in [1.165, 1.54) is 0 Å². The van der Waals surface area contributed by atoms with Crippen LogP contribution in [-0.4, -0.2) is 19.7 Å². The quantitative estimate of drug-likeness (QED) is 0.737. The fourth-order valence-electron chi connectivity index (χ4n) is 1.83. The molecule has 0 aliphatic heterocycles. The first-order chi connectivity index (χ1) is 9.24. The Morgan fingerprint density at radius 2 is 2.00 bits per heavy atom. The zero-order valence-electron chi connectivity index (χ0n) is 10.2. The second-order valence-corrected chi connectivity index (χ2v) is 4.45. The van der Waals surface area contributed by atoms with Crippen molar-refractivity contribution in [3.8, 4) is 11.4 Å². The minimum atomic E-state index is 0.315. The highest BCUT2D eigenvalue weighted by Crippen LogP contribution is 2.21. The molecular formula is C13H11ClN4O. The fraction of sp³-hybridized carbons (Fsp3) is 0.154.